The highest BCUT2D eigenvalue weighted by Crippen LogP contribution is 2.14. The maximum atomic E-state index is 13.2. The molecule has 0 aromatic heterocycles. The number of aliphatic hydroxyl groups is 1. The molecule has 2 aromatic rings. The van der Waals surface area contributed by atoms with E-state index < -0.39 is 6.10 Å². The van der Waals surface area contributed by atoms with Crippen molar-refractivity contribution >= 4 is 5.91 Å². The van der Waals surface area contributed by atoms with Crippen LogP contribution in [0.3, 0.4) is 0 Å². The molecule has 0 bridgehead atoms. The van der Waals surface area contributed by atoms with Gasteiger partial charge in [0.2, 0.25) is 0 Å². The highest BCUT2D eigenvalue weighted by atomic mass is 19.1. The van der Waals surface area contributed by atoms with Crippen LogP contribution in [0, 0.1) is 11.7 Å². The number of amides is 1. The molecule has 31 heavy (non-hydrogen) atoms. The number of hydrogen-bond donors (Lipinski definition) is 1. The second kappa shape index (κ2) is 11.4. The van der Waals surface area contributed by atoms with Crippen molar-refractivity contribution < 1.29 is 19.0 Å². The highest BCUT2D eigenvalue weighted by molar-refractivity contribution is 5.94. The maximum absolute atomic E-state index is 13.2. The van der Waals surface area contributed by atoms with Gasteiger partial charge in [0, 0.05) is 38.3 Å². The minimum absolute atomic E-state index is 0.112. The molecule has 1 fully saturated rings. The number of morpholine rings is 1. The zero-order valence-corrected chi connectivity index (χ0v) is 18.4. The standard InChI is InChI=1S/C25H33FN2O3/c1-19(2)15-28(25(30)21-8-10-22(26)11-9-21)18-24-17-27(12-13-31-24)16-23(29)14-20-6-4-3-5-7-20/h3-11,19,23-24,29H,12-18H2,1-2H3/t23-,24+/m0/s1. The Morgan fingerprint density at radius 3 is 2.58 bits per heavy atom. The molecule has 3 rings (SSSR count). The lowest BCUT2D eigenvalue weighted by Gasteiger charge is -2.37. The highest BCUT2D eigenvalue weighted by Gasteiger charge is 2.27. The second-order valence-corrected chi connectivity index (χ2v) is 8.71. The van der Waals surface area contributed by atoms with E-state index >= 15 is 0 Å². The third-order valence-corrected chi connectivity index (χ3v) is 5.39. The van der Waals surface area contributed by atoms with Gasteiger partial charge in [0.25, 0.3) is 5.91 Å². The summed E-state index contributed by atoms with van der Waals surface area (Å²) in [4.78, 5) is 17.0. The van der Waals surface area contributed by atoms with Crippen LogP contribution < -0.4 is 0 Å². The first-order valence-corrected chi connectivity index (χ1v) is 11.0. The van der Waals surface area contributed by atoms with E-state index in [1.165, 1.54) is 24.3 Å². The molecule has 1 saturated heterocycles. The van der Waals surface area contributed by atoms with Gasteiger partial charge in [-0.3, -0.25) is 9.69 Å². The first-order valence-electron chi connectivity index (χ1n) is 11.0. The number of rotatable bonds is 9. The van der Waals surface area contributed by atoms with Crippen molar-refractivity contribution in [3.63, 3.8) is 0 Å². The van der Waals surface area contributed by atoms with Crippen LogP contribution in [0.1, 0.15) is 29.8 Å². The molecule has 1 N–H and O–H groups in total. The summed E-state index contributed by atoms with van der Waals surface area (Å²) in [5, 5.41) is 10.5. The van der Waals surface area contributed by atoms with Crippen molar-refractivity contribution in [1.29, 1.82) is 0 Å². The molecule has 6 heteroatoms. The summed E-state index contributed by atoms with van der Waals surface area (Å²) in [6.07, 6.45) is 0.0420. The predicted molar refractivity (Wildman–Crippen MR) is 119 cm³/mol. The Balaban J connectivity index is 1.58. The summed E-state index contributed by atoms with van der Waals surface area (Å²) < 4.78 is 19.2. The van der Waals surface area contributed by atoms with Crippen molar-refractivity contribution in [3.8, 4) is 0 Å². The van der Waals surface area contributed by atoms with E-state index in [4.69, 9.17) is 4.74 Å². The Morgan fingerprint density at radius 2 is 1.90 bits per heavy atom. The van der Waals surface area contributed by atoms with E-state index in [2.05, 4.69) is 18.7 Å². The number of hydrogen-bond acceptors (Lipinski definition) is 4. The third kappa shape index (κ3) is 7.42. The van der Waals surface area contributed by atoms with Crippen LogP contribution in [0.15, 0.2) is 54.6 Å². The molecule has 0 unspecified atom stereocenters. The lowest BCUT2D eigenvalue weighted by Crippen LogP contribution is -2.51. The topological polar surface area (TPSA) is 53.0 Å². The summed E-state index contributed by atoms with van der Waals surface area (Å²) in [7, 11) is 0. The third-order valence-electron chi connectivity index (χ3n) is 5.39. The van der Waals surface area contributed by atoms with Crippen molar-refractivity contribution in [2.45, 2.75) is 32.5 Å². The molecule has 1 aliphatic rings. The molecular formula is C25H33FN2O3. The number of ether oxygens (including phenoxy) is 1. The molecule has 0 aliphatic carbocycles. The van der Waals surface area contributed by atoms with E-state index in [0.29, 0.717) is 50.7 Å². The molecule has 168 valence electrons. The molecule has 1 aliphatic heterocycles. The van der Waals surface area contributed by atoms with Crippen molar-refractivity contribution in [3.05, 3.63) is 71.5 Å². The molecular weight excluding hydrogens is 395 g/mol. The average molecular weight is 429 g/mol. The molecule has 2 aromatic carbocycles. The fraction of sp³-hybridized carbons (Fsp3) is 0.480. The second-order valence-electron chi connectivity index (χ2n) is 8.71. The normalized spacial score (nSPS) is 18.2. The zero-order valence-electron chi connectivity index (χ0n) is 18.4. The Kier molecular flexibility index (Phi) is 8.58. The van der Waals surface area contributed by atoms with Gasteiger partial charge in [-0.2, -0.15) is 0 Å². The number of aliphatic hydroxyl groups excluding tert-OH is 1. The van der Waals surface area contributed by atoms with Gasteiger partial charge in [0.15, 0.2) is 0 Å². The maximum Gasteiger partial charge on any atom is 0.253 e. The number of benzene rings is 2. The van der Waals surface area contributed by atoms with Gasteiger partial charge in [-0.15, -0.1) is 0 Å². The van der Waals surface area contributed by atoms with Crippen molar-refractivity contribution in [2.75, 3.05) is 39.3 Å². The van der Waals surface area contributed by atoms with E-state index in [1.807, 2.05) is 30.3 Å². The van der Waals surface area contributed by atoms with Crippen LogP contribution in [0.4, 0.5) is 4.39 Å². The number of carbonyl (C=O) groups is 1. The summed E-state index contributed by atoms with van der Waals surface area (Å²) in [6.45, 7) is 7.79. The smallest absolute Gasteiger partial charge is 0.253 e. The van der Waals surface area contributed by atoms with E-state index in [-0.39, 0.29) is 17.8 Å². The molecule has 1 amide bonds. The number of halogens is 1. The summed E-state index contributed by atoms with van der Waals surface area (Å²) in [6, 6.07) is 15.7. The lowest BCUT2D eigenvalue weighted by atomic mass is 10.1. The van der Waals surface area contributed by atoms with Crippen molar-refractivity contribution in [1.82, 2.24) is 9.80 Å². The zero-order chi connectivity index (χ0) is 22.2. The number of β-amino-alcohol motifs (C(OH)–C–C–N with tert-alkyl or cyclic N) is 1. The van der Waals surface area contributed by atoms with E-state index in [0.717, 1.165) is 12.1 Å². The van der Waals surface area contributed by atoms with E-state index in [1.54, 1.807) is 4.90 Å². The van der Waals surface area contributed by atoms with Gasteiger partial charge in [-0.1, -0.05) is 44.2 Å². The number of nitrogens with zero attached hydrogens (tertiary/aromatic N) is 2. The Hall–Kier alpha value is -2.28. The fourth-order valence-electron chi connectivity index (χ4n) is 4.01. The van der Waals surface area contributed by atoms with Crippen molar-refractivity contribution in [2.24, 2.45) is 5.92 Å². The molecule has 0 spiro atoms. The van der Waals surface area contributed by atoms with Crippen LogP contribution in [0.2, 0.25) is 0 Å². The van der Waals surface area contributed by atoms with Gasteiger partial charge in [-0.25, -0.2) is 4.39 Å². The summed E-state index contributed by atoms with van der Waals surface area (Å²) >= 11 is 0. The van der Waals surface area contributed by atoms with Crippen LogP contribution >= 0.6 is 0 Å². The molecule has 0 radical (unpaired) electrons. The van der Waals surface area contributed by atoms with Gasteiger partial charge in [0.05, 0.1) is 18.8 Å². The molecule has 5 nitrogen and oxygen atoms in total. The Labute approximate surface area is 184 Å². The summed E-state index contributed by atoms with van der Waals surface area (Å²) in [5.41, 5.74) is 1.60. The lowest BCUT2D eigenvalue weighted by molar-refractivity contribution is -0.0510. The summed E-state index contributed by atoms with van der Waals surface area (Å²) in [5.74, 6) is -0.164. The van der Waals surface area contributed by atoms with Crippen LogP contribution in [-0.2, 0) is 11.2 Å². The Bertz CT molecular complexity index is 813. The average Bonchev–Trinajstić information content (AvgIpc) is 2.74. The van der Waals surface area contributed by atoms with E-state index in [9.17, 15) is 14.3 Å². The predicted octanol–water partition coefficient (Wildman–Crippen LogP) is 3.23. The molecule has 1 heterocycles. The van der Waals surface area contributed by atoms with Crippen LogP contribution in [-0.4, -0.2) is 72.4 Å². The minimum Gasteiger partial charge on any atom is -0.391 e. The van der Waals surface area contributed by atoms with Gasteiger partial charge >= 0.3 is 0 Å². The molecule has 0 saturated carbocycles. The molecule has 2 atom stereocenters. The quantitative estimate of drug-likeness (QED) is 0.666. The number of carbonyl (C=O) groups excluding carboxylic acids is 1. The van der Waals surface area contributed by atoms with Gasteiger partial charge in [0.1, 0.15) is 5.82 Å². The first kappa shape index (κ1) is 23.4. The Morgan fingerprint density at radius 1 is 1.19 bits per heavy atom. The van der Waals surface area contributed by atoms with Gasteiger partial charge in [-0.05, 0) is 42.2 Å². The minimum atomic E-state index is -0.450. The monoisotopic (exact) mass is 428 g/mol. The van der Waals surface area contributed by atoms with Crippen LogP contribution in [0.25, 0.3) is 0 Å². The first-order chi connectivity index (χ1) is 14.9. The SMILES string of the molecule is CC(C)CN(C[C@H]1CN(C[C@@H](O)Cc2ccccc2)CCO1)C(=O)c1ccc(F)cc1. The van der Waals surface area contributed by atoms with Crippen LogP contribution in [0.5, 0.6) is 0 Å². The largest absolute Gasteiger partial charge is 0.391 e. The van der Waals surface area contributed by atoms with Gasteiger partial charge < -0.3 is 14.7 Å². The fourth-order valence-corrected chi connectivity index (χ4v) is 4.01.